The molecule has 21 heavy (non-hydrogen) atoms. The van der Waals surface area contributed by atoms with Gasteiger partial charge in [-0.25, -0.2) is 0 Å². The summed E-state index contributed by atoms with van der Waals surface area (Å²) in [4.78, 5) is 0. The molecule has 118 valence electrons. The van der Waals surface area contributed by atoms with Crippen LogP contribution in [0.5, 0.6) is 0 Å². The van der Waals surface area contributed by atoms with Crippen molar-refractivity contribution in [3.8, 4) is 0 Å². The number of ether oxygens (including phenoxy) is 2. The molecule has 0 amide bonds. The molecule has 0 aliphatic heterocycles. The number of hydrogen-bond acceptors (Lipinski definition) is 5. The number of rotatable bonds is 10. The molecule has 2 fully saturated rings. The Morgan fingerprint density at radius 3 is 2.43 bits per heavy atom. The highest BCUT2D eigenvalue weighted by Gasteiger charge is 2.36. The van der Waals surface area contributed by atoms with Gasteiger partial charge in [0.1, 0.15) is 5.82 Å². The molecule has 1 aromatic rings. The summed E-state index contributed by atoms with van der Waals surface area (Å²) in [5, 5.41) is 9.95. The number of nitrogens with zero attached hydrogens (tertiary/aromatic N) is 3. The molecule has 6 heteroatoms. The van der Waals surface area contributed by atoms with E-state index in [1.165, 1.54) is 31.5 Å². The third-order valence-corrected chi connectivity index (χ3v) is 4.81. The maximum atomic E-state index is 5.59. The molecule has 1 heterocycles. The Kier molecular flexibility index (Phi) is 5.19. The van der Waals surface area contributed by atoms with Crippen LogP contribution in [0.2, 0.25) is 0 Å². The molecule has 2 saturated carbocycles. The summed E-state index contributed by atoms with van der Waals surface area (Å²) in [5.74, 6) is 2.86. The van der Waals surface area contributed by atoms with Crippen LogP contribution < -0.4 is 0 Å². The lowest BCUT2D eigenvalue weighted by atomic mass is 10.4. The summed E-state index contributed by atoms with van der Waals surface area (Å²) in [7, 11) is 0. The van der Waals surface area contributed by atoms with E-state index in [1.54, 1.807) is 11.8 Å². The lowest BCUT2D eigenvalue weighted by Crippen LogP contribution is -2.18. The van der Waals surface area contributed by atoms with Crippen LogP contribution in [-0.4, -0.2) is 40.0 Å². The zero-order valence-corrected chi connectivity index (χ0v) is 13.8. The first-order valence-corrected chi connectivity index (χ1v) is 9.12. The van der Waals surface area contributed by atoms with Crippen molar-refractivity contribution in [2.75, 3.05) is 19.0 Å². The highest BCUT2D eigenvalue weighted by molar-refractivity contribution is 7.99. The second-order valence-electron chi connectivity index (χ2n) is 5.69. The Bertz CT molecular complexity index is 452. The zero-order chi connectivity index (χ0) is 14.7. The molecule has 2 aliphatic rings. The first kappa shape index (κ1) is 15.3. The minimum absolute atomic E-state index is 0.0901. The van der Waals surface area contributed by atoms with Gasteiger partial charge >= 0.3 is 0 Å². The van der Waals surface area contributed by atoms with E-state index in [0.717, 1.165) is 17.3 Å². The van der Waals surface area contributed by atoms with Crippen molar-refractivity contribution in [1.82, 2.24) is 14.8 Å². The maximum absolute atomic E-state index is 5.59. The highest BCUT2D eigenvalue weighted by Crippen LogP contribution is 2.46. The molecule has 0 atom stereocenters. The fraction of sp³-hybridized carbons (Fsp3) is 0.867. The Morgan fingerprint density at radius 1 is 1.14 bits per heavy atom. The molecular formula is C15H25N3O2S. The SMILES string of the molecule is CCOC(CCSc1nnc(C2CC2)n1C1CC1)OCC. The predicted octanol–water partition coefficient (Wildman–Crippen LogP) is 3.37. The van der Waals surface area contributed by atoms with Gasteiger partial charge < -0.3 is 14.0 Å². The minimum atomic E-state index is -0.0901. The molecule has 0 N–H and O–H groups in total. The van der Waals surface area contributed by atoms with Crippen LogP contribution in [0.15, 0.2) is 5.16 Å². The van der Waals surface area contributed by atoms with Gasteiger partial charge in [-0.05, 0) is 39.5 Å². The van der Waals surface area contributed by atoms with Crippen LogP contribution in [0, 0.1) is 0 Å². The summed E-state index contributed by atoms with van der Waals surface area (Å²) in [6.45, 7) is 5.40. The van der Waals surface area contributed by atoms with E-state index in [1.807, 2.05) is 13.8 Å². The van der Waals surface area contributed by atoms with Crippen LogP contribution >= 0.6 is 11.8 Å². The molecule has 3 rings (SSSR count). The summed E-state index contributed by atoms with van der Waals surface area (Å²) >= 11 is 1.79. The Hall–Kier alpha value is -0.590. The second-order valence-corrected chi connectivity index (χ2v) is 6.76. The van der Waals surface area contributed by atoms with Crippen molar-refractivity contribution < 1.29 is 9.47 Å². The number of aromatic nitrogens is 3. The molecular weight excluding hydrogens is 286 g/mol. The average molecular weight is 311 g/mol. The van der Waals surface area contributed by atoms with Gasteiger partial charge in [-0.15, -0.1) is 10.2 Å². The van der Waals surface area contributed by atoms with Crippen molar-refractivity contribution in [1.29, 1.82) is 0 Å². The van der Waals surface area contributed by atoms with Crippen molar-refractivity contribution in [3.05, 3.63) is 5.82 Å². The van der Waals surface area contributed by atoms with Crippen molar-refractivity contribution in [2.45, 2.75) is 69.4 Å². The first-order chi connectivity index (χ1) is 10.3. The van der Waals surface area contributed by atoms with E-state index in [-0.39, 0.29) is 6.29 Å². The smallest absolute Gasteiger partial charge is 0.191 e. The summed E-state index contributed by atoms with van der Waals surface area (Å²) in [6.07, 6.45) is 5.94. The largest absolute Gasteiger partial charge is 0.353 e. The van der Waals surface area contributed by atoms with Gasteiger partial charge in [0.2, 0.25) is 0 Å². The summed E-state index contributed by atoms with van der Waals surface area (Å²) in [5.41, 5.74) is 0. The topological polar surface area (TPSA) is 49.2 Å². The zero-order valence-electron chi connectivity index (χ0n) is 13.0. The Balaban J connectivity index is 1.55. The van der Waals surface area contributed by atoms with Gasteiger partial charge in [-0.1, -0.05) is 11.8 Å². The predicted molar refractivity (Wildman–Crippen MR) is 82.6 cm³/mol. The summed E-state index contributed by atoms with van der Waals surface area (Å²) < 4.78 is 13.6. The molecule has 0 aromatic carbocycles. The molecule has 5 nitrogen and oxygen atoms in total. The lowest BCUT2D eigenvalue weighted by Gasteiger charge is -2.16. The first-order valence-electron chi connectivity index (χ1n) is 8.14. The van der Waals surface area contributed by atoms with Crippen LogP contribution in [0.1, 0.15) is 63.7 Å². The van der Waals surface area contributed by atoms with Gasteiger partial charge in [0.05, 0.1) is 0 Å². The molecule has 0 spiro atoms. The van der Waals surface area contributed by atoms with Gasteiger partial charge in [0.15, 0.2) is 11.4 Å². The van der Waals surface area contributed by atoms with E-state index < -0.39 is 0 Å². The van der Waals surface area contributed by atoms with Crippen LogP contribution in [0.4, 0.5) is 0 Å². The maximum Gasteiger partial charge on any atom is 0.191 e. The van der Waals surface area contributed by atoms with E-state index in [0.29, 0.717) is 25.2 Å². The van der Waals surface area contributed by atoms with E-state index in [2.05, 4.69) is 14.8 Å². The standard InChI is InChI=1S/C15H25N3O2S/c1-3-19-13(20-4-2)9-10-21-15-17-16-14(11-5-6-11)18(15)12-7-8-12/h11-13H,3-10H2,1-2H3. The van der Waals surface area contributed by atoms with E-state index in [4.69, 9.17) is 9.47 Å². The van der Waals surface area contributed by atoms with Gasteiger partial charge in [0.25, 0.3) is 0 Å². The fourth-order valence-electron chi connectivity index (χ4n) is 2.52. The highest BCUT2D eigenvalue weighted by atomic mass is 32.2. The van der Waals surface area contributed by atoms with Crippen LogP contribution in [0.3, 0.4) is 0 Å². The van der Waals surface area contributed by atoms with Crippen LogP contribution in [0.25, 0.3) is 0 Å². The molecule has 2 aliphatic carbocycles. The van der Waals surface area contributed by atoms with E-state index in [9.17, 15) is 0 Å². The molecule has 0 radical (unpaired) electrons. The Labute approximate surface area is 130 Å². The summed E-state index contributed by atoms with van der Waals surface area (Å²) in [6, 6.07) is 0.660. The quantitative estimate of drug-likeness (QED) is 0.490. The number of thioether (sulfide) groups is 1. The number of hydrogen-bond donors (Lipinski definition) is 0. The van der Waals surface area contributed by atoms with Gasteiger partial charge in [-0.2, -0.15) is 0 Å². The van der Waals surface area contributed by atoms with E-state index >= 15 is 0 Å². The minimum Gasteiger partial charge on any atom is -0.353 e. The second kappa shape index (κ2) is 7.11. The Morgan fingerprint density at radius 2 is 1.86 bits per heavy atom. The molecule has 0 saturated heterocycles. The van der Waals surface area contributed by atoms with Crippen LogP contribution in [-0.2, 0) is 9.47 Å². The molecule has 1 aromatic heterocycles. The third-order valence-electron chi connectivity index (χ3n) is 3.84. The lowest BCUT2D eigenvalue weighted by molar-refractivity contribution is -0.136. The fourth-order valence-corrected chi connectivity index (χ4v) is 3.49. The normalized spacial score (nSPS) is 18.6. The monoisotopic (exact) mass is 311 g/mol. The van der Waals surface area contributed by atoms with Crippen molar-refractivity contribution in [3.63, 3.8) is 0 Å². The third kappa shape index (κ3) is 3.99. The van der Waals surface area contributed by atoms with Gasteiger partial charge in [0, 0.05) is 37.3 Å². The molecule has 0 unspecified atom stereocenters. The van der Waals surface area contributed by atoms with Crippen molar-refractivity contribution in [2.24, 2.45) is 0 Å². The van der Waals surface area contributed by atoms with Gasteiger partial charge in [-0.3, -0.25) is 0 Å². The molecule has 0 bridgehead atoms. The van der Waals surface area contributed by atoms with Crippen molar-refractivity contribution >= 4 is 11.8 Å². The average Bonchev–Trinajstić information content (AvgIpc) is 3.39.